The average molecular weight is 163 g/mol. The molecule has 1 aromatic rings. The molecule has 0 amide bonds. The molecule has 0 saturated heterocycles. The Morgan fingerprint density at radius 3 is 2.50 bits per heavy atom. The van der Waals surface area contributed by atoms with Gasteiger partial charge in [-0.05, 0) is 6.07 Å². The van der Waals surface area contributed by atoms with Crippen LogP contribution < -0.4 is 11.3 Å². The minimum Gasteiger partial charge on any atom is -0.493 e. The summed E-state index contributed by atoms with van der Waals surface area (Å²) in [6.45, 7) is 0. The van der Waals surface area contributed by atoms with E-state index in [1.54, 1.807) is 0 Å². The lowest BCUT2D eigenvalue weighted by Gasteiger charge is -1.92. The first-order chi connectivity index (χ1) is 4.20. The van der Waals surface area contributed by atoms with Crippen molar-refractivity contribution < 1.29 is 5.11 Å². The molecular formula is C5H7ClN2O2. The quantitative estimate of drug-likeness (QED) is 0.506. The number of pyridine rings is 1. The third-order valence-electron chi connectivity index (χ3n) is 0.929. The summed E-state index contributed by atoms with van der Waals surface area (Å²) in [5.74, 6) is -0.275. The second-order valence-corrected chi connectivity index (χ2v) is 1.63. The highest BCUT2D eigenvalue weighted by Gasteiger charge is 1.92. The molecule has 0 bridgehead atoms. The van der Waals surface area contributed by atoms with E-state index in [1.807, 2.05) is 0 Å². The van der Waals surface area contributed by atoms with Crippen LogP contribution in [-0.2, 0) is 0 Å². The molecule has 0 aromatic carbocycles. The van der Waals surface area contributed by atoms with Gasteiger partial charge in [-0.3, -0.25) is 9.78 Å². The summed E-state index contributed by atoms with van der Waals surface area (Å²) in [6, 6.07) is 2.59. The molecule has 0 saturated carbocycles. The molecule has 0 fully saturated rings. The number of rotatable bonds is 0. The Kier molecular flexibility index (Phi) is 2.76. The lowest BCUT2D eigenvalue weighted by molar-refractivity contribution is 0.454. The van der Waals surface area contributed by atoms with Crippen molar-refractivity contribution in [1.29, 1.82) is 0 Å². The van der Waals surface area contributed by atoms with Crippen molar-refractivity contribution >= 4 is 18.1 Å². The number of H-pyrrole nitrogens is 1. The van der Waals surface area contributed by atoms with Gasteiger partial charge in [-0.25, -0.2) is 0 Å². The van der Waals surface area contributed by atoms with E-state index >= 15 is 0 Å². The topological polar surface area (TPSA) is 79.1 Å². The fourth-order valence-electron chi connectivity index (χ4n) is 0.475. The fourth-order valence-corrected chi connectivity index (χ4v) is 0.475. The van der Waals surface area contributed by atoms with Crippen LogP contribution in [0.5, 0.6) is 5.88 Å². The van der Waals surface area contributed by atoms with Crippen LogP contribution in [-0.4, -0.2) is 10.1 Å². The molecule has 1 rings (SSSR count). The second-order valence-electron chi connectivity index (χ2n) is 1.63. The Morgan fingerprint density at radius 1 is 1.50 bits per heavy atom. The summed E-state index contributed by atoms with van der Waals surface area (Å²) in [5.41, 5.74) is 4.98. The number of hydrogen-bond acceptors (Lipinski definition) is 3. The molecule has 56 valence electrons. The van der Waals surface area contributed by atoms with E-state index in [-0.39, 0.29) is 29.5 Å². The van der Waals surface area contributed by atoms with Gasteiger partial charge in [0.1, 0.15) is 0 Å². The predicted octanol–water partition coefficient (Wildman–Crippen LogP) is 0.0845. The van der Waals surface area contributed by atoms with Crippen molar-refractivity contribution in [3.8, 4) is 5.88 Å². The van der Waals surface area contributed by atoms with Gasteiger partial charge in [-0.2, -0.15) is 0 Å². The molecule has 0 radical (unpaired) electrons. The minimum absolute atomic E-state index is 0. The van der Waals surface area contributed by atoms with Gasteiger partial charge in [0.15, 0.2) is 0 Å². The summed E-state index contributed by atoms with van der Waals surface area (Å²) in [5, 5.41) is 8.72. The van der Waals surface area contributed by atoms with Gasteiger partial charge in [0.2, 0.25) is 5.88 Å². The summed E-state index contributed by atoms with van der Waals surface area (Å²) in [7, 11) is 0. The number of hydrogen-bond donors (Lipinski definition) is 3. The number of aromatic amines is 1. The van der Waals surface area contributed by atoms with Crippen molar-refractivity contribution in [2.24, 2.45) is 0 Å². The van der Waals surface area contributed by atoms with Gasteiger partial charge < -0.3 is 10.8 Å². The van der Waals surface area contributed by atoms with E-state index < -0.39 is 0 Å². The molecule has 10 heavy (non-hydrogen) atoms. The molecule has 4 nitrogen and oxygen atoms in total. The van der Waals surface area contributed by atoms with Crippen molar-refractivity contribution in [2.45, 2.75) is 0 Å². The lowest BCUT2D eigenvalue weighted by atomic mass is 10.4. The van der Waals surface area contributed by atoms with E-state index in [4.69, 9.17) is 10.8 Å². The maximum Gasteiger partial charge on any atom is 0.250 e. The third kappa shape index (κ3) is 1.66. The molecule has 5 heteroatoms. The summed E-state index contributed by atoms with van der Waals surface area (Å²) in [6.07, 6.45) is 0. The molecule has 0 spiro atoms. The predicted molar refractivity (Wildman–Crippen MR) is 40.4 cm³/mol. The first-order valence-electron chi connectivity index (χ1n) is 2.38. The molecular weight excluding hydrogens is 156 g/mol. The molecule has 0 aliphatic carbocycles. The molecule has 0 unspecified atom stereocenters. The van der Waals surface area contributed by atoms with Crippen LogP contribution in [0.2, 0.25) is 0 Å². The third-order valence-corrected chi connectivity index (χ3v) is 0.929. The monoisotopic (exact) mass is 162 g/mol. The van der Waals surface area contributed by atoms with Crippen LogP contribution in [0.1, 0.15) is 0 Å². The molecule has 0 aliphatic rings. The number of nitrogens with two attached hydrogens (primary N) is 1. The number of nitrogen functional groups attached to an aromatic ring is 1. The number of aromatic hydroxyl groups is 1. The van der Waals surface area contributed by atoms with E-state index in [0.29, 0.717) is 0 Å². The zero-order chi connectivity index (χ0) is 6.85. The Morgan fingerprint density at radius 2 is 2.10 bits per heavy atom. The maximum absolute atomic E-state index is 10.4. The Labute approximate surface area is 63.1 Å². The molecule has 1 heterocycles. The largest absolute Gasteiger partial charge is 0.493 e. The van der Waals surface area contributed by atoms with E-state index in [2.05, 4.69) is 4.98 Å². The van der Waals surface area contributed by atoms with E-state index in [1.165, 1.54) is 12.1 Å². The number of aromatic nitrogens is 1. The molecule has 0 atom stereocenters. The summed E-state index contributed by atoms with van der Waals surface area (Å²) >= 11 is 0. The van der Waals surface area contributed by atoms with Crippen molar-refractivity contribution in [3.05, 3.63) is 22.5 Å². The minimum atomic E-state index is -0.360. The Bertz CT molecular complexity index is 271. The lowest BCUT2D eigenvalue weighted by Crippen LogP contribution is -2.03. The highest BCUT2D eigenvalue weighted by molar-refractivity contribution is 5.85. The van der Waals surface area contributed by atoms with Crippen LogP contribution in [0.4, 0.5) is 5.69 Å². The molecule has 1 aromatic heterocycles. The van der Waals surface area contributed by atoms with E-state index in [9.17, 15) is 4.79 Å². The van der Waals surface area contributed by atoms with Gasteiger partial charge in [0, 0.05) is 6.07 Å². The summed E-state index contributed by atoms with van der Waals surface area (Å²) in [4.78, 5) is 12.5. The number of nitrogens with one attached hydrogen (secondary N) is 1. The smallest absolute Gasteiger partial charge is 0.250 e. The van der Waals surface area contributed by atoms with Gasteiger partial charge >= 0.3 is 0 Å². The molecule has 4 N–H and O–H groups in total. The van der Waals surface area contributed by atoms with Gasteiger partial charge in [-0.15, -0.1) is 12.4 Å². The Balaban J connectivity index is 0.000000810. The van der Waals surface area contributed by atoms with Crippen LogP contribution in [0.3, 0.4) is 0 Å². The highest BCUT2D eigenvalue weighted by atomic mass is 35.5. The van der Waals surface area contributed by atoms with Crippen molar-refractivity contribution in [2.75, 3.05) is 5.73 Å². The zero-order valence-corrected chi connectivity index (χ0v) is 5.81. The number of halogens is 1. The fraction of sp³-hybridized carbons (Fsp3) is 0. The highest BCUT2D eigenvalue weighted by Crippen LogP contribution is 2.09. The van der Waals surface area contributed by atoms with Crippen molar-refractivity contribution in [3.63, 3.8) is 0 Å². The summed E-state index contributed by atoms with van der Waals surface area (Å²) < 4.78 is 0. The van der Waals surface area contributed by atoms with Crippen LogP contribution >= 0.6 is 12.4 Å². The maximum atomic E-state index is 10.4. The van der Waals surface area contributed by atoms with Gasteiger partial charge in [0.05, 0.1) is 5.69 Å². The van der Waals surface area contributed by atoms with Gasteiger partial charge in [-0.1, -0.05) is 0 Å². The molecule has 0 aliphatic heterocycles. The number of anilines is 1. The Hall–Kier alpha value is -1.16. The first kappa shape index (κ1) is 8.84. The first-order valence-corrected chi connectivity index (χ1v) is 2.38. The van der Waals surface area contributed by atoms with Crippen LogP contribution in [0, 0.1) is 0 Å². The van der Waals surface area contributed by atoms with Crippen LogP contribution in [0.25, 0.3) is 0 Å². The standard InChI is InChI=1S/C5H6N2O2.ClH/c6-3-1-2-4(8)7-5(3)9;/h1-2H,6H2,(H2,7,8,9);1H. The SMILES string of the molecule is Cl.Nc1ccc(=O)[nH]c1O. The normalized spacial score (nSPS) is 8.40. The zero-order valence-electron chi connectivity index (χ0n) is 5.00. The van der Waals surface area contributed by atoms with Crippen molar-refractivity contribution in [1.82, 2.24) is 4.98 Å². The second kappa shape index (κ2) is 3.12. The van der Waals surface area contributed by atoms with Gasteiger partial charge in [0.25, 0.3) is 5.56 Å². The van der Waals surface area contributed by atoms with Crippen LogP contribution in [0.15, 0.2) is 16.9 Å². The van der Waals surface area contributed by atoms with E-state index in [0.717, 1.165) is 0 Å². The average Bonchev–Trinajstić information content (AvgIpc) is 1.80.